The minimum atomic E-state index is -4.63. The summed E-state index contributed by atoms with van der Waals surface area (Å²) >= 11 is 0. The lowest BCUT2D eigenvalue weighted by molar-refractivity contribution is -0.161. The van der Waals surface area contributed by atoms with Crippen LogP contribution in [-0.4, -0.2) is 34.1 Å². The number of halogens is 3. The lowest BCUT2D eigenvalue weighted by atomic mass is 9.75. The van der Waals surface area contributed by atoms with Gasteiger partial charge in [0.1, 0.15) is 17.4 Å². The van der Waals surface area contributed by atoms with E-state index in [1.165, 1.54) is 19.5 Å². The number of carbonyl (C=O) groups excluding carboxylic acids is 1. The molecule has 1 aliphatic heterocycles. The summed E-state index contributed by atoms with van der Waals surface area (Å²) in [5, 5.41) is 22.2. The number of carboxylic acids is 1. The zero-order valence-electron chi connectivity index (χ0n) is 18.1. The highest BCUT2D eigenvalue weighted by Gasteiger charge is 2.76. The fraction of sp³-hybridized carbons (Fsp3) is 0.240. The fourth-order valence-electron chi connectivity index (χ4n) is 5.31. The minimum Gasteiger partial charge on any atom is -0.495 e. The van der Waals surface area contributed by atoms with Crippen LogP contribution in [-0.2, 0) is 27.0 Å². The molecule has 1 aromatic heterocycles. The molecule has 180 valence electrons. The molecule has 4 atom stereocenters. The highest BCUT2D eigenvalue weighted by Crippen LogP contribution is 2.65. The molecular formula is C25H18F3NO6. The number of aliphatic carboxylic acids is 1. The summed E-state index contributed by atoms with van der Waals surface area (Å²) in [5.41, 5.74) is -5.58. The molecule has 2 N–H and O–H groups in total. The quantitative estimate of drug-likeness (QED) is 0.581. The number of pyridine rings is 1. The smallest absolute Gasteiger partial charge is 0.416 e. The second-order valence-corrected chi connectivity index (χ2v) is 8.43. The van der Waals surface area contributed by atoms with Crippen LogP contribution in [0.1, 0.15) is 28.2 Å². The minimum absolute atomic E-state index is 0.0278. The predicted octanol–water partition coefficient (Wildman–Crippen LogP) is 3.65. The molecule has 10 heteroatoms. The first kappa shape index (κ1) is 22.9. The second kappa shape index (κ2) is 7.54. The van der Waals surface area contributed by atoms with Gasteiger partial charge in [0.2, 0.25) is 11.4 Å². The van der Waals surface area contributed by atoms with Gasteiger partial charge in [-0.25, -0.2) is 0 Å². The van der Waals surface area contributed by atoms with E-state index in [9.17, 15) is 33.0 Å². The molecule has 7 nitrogen and oxygen atoms in total. The molecule has 0 spiro atoms. The fourth-order valence-corrected chi connectivity index (χ4v) is 5.31. The van der Waals surface area contributed by atoms with Crippen molar-refractivity contribution in [1.82, 2.24) is 4.98 Å². The van der Waals surface area contributed by atoms with Crippen LogP contribution < -0.4 is 9.47 Å². The first-order chi connectivity index (χ1) is 16.6. The molecule has 1 fully saturated rings. The predicted molar refractivity (Wildman–Crippen MR) is 114 cm³/mol. The third-order valence-corrected chi connectivity index (χ3v) is 6.72. The maximum Gasteiger partial charge on any atom is 0.416 e. The van der Waals surface area contributed by atoms with Gasteiger partial charge in [-0.1, -0.05) is 42.5 Å². The van der Waals surface area contributed by atoms with E-state index in [-0.39, 0.29) is 22.6 Å². The Balaban J connectivity index is 1.86. The number of aliphatic hydroxyl groups is 1. The first-order valence-electron chi connectivity index (χ1n) is 10.5. The van der Waals surface area contributed by atoms with E-state index in [2.05, 4.69) is 4.98 Å². The van der Waals surface area contributed by atoms with Crippen LogP contribution in [0.2, 0.25) is 0 Å². The van der Waals surface area contributed by atoms with Crippen LogP contribution >= 0.6 is 0 Å². The largest absolute Gasteiger partial charge is 0.495 e. The highest BCUT2D eigenvalue weighted by atomic mass is 19.4. The second-order valence-electron chi connectivity index (χ2n) is 8.43. The van der Waals surface area contributed by atoms with E-state index in [4.69, 9.17) is 9.47 Å². The SMILES string of the molecule is COc1cncc2c1[C@@]1(O)C(=O)C(c3ccc(C(F)(F)F)cc3)(O2)[C@H](c2ccccc2)[C@@H]1C(=O)O. The Morgan fingerprint density at radius 2 is 1.74 bits per heavy atom. The Bertz CT molecular complexity index is 1330. The van der Waals surface area contributed by atoms with Gasteiger partial charge in [-0.3, -0.25) is 14.6 Å². The number of aromatic nitrogens is 1. The molecule has 2 bridgehead atoms. The van der Waals surface area contributed by atoms with Gasteiger partial charge in [0, 0.05) is 5.56 Å². The third kappa shape index (κ3) is 2.99. The van der Waals surface area contributed by atoms with E-state index in [0.717, 1.165) is 24.3 Å². The molecule has 1 unspecified atom stereocenters. The lowest BCUT2D eigenvalue weighted by Crippen LogP contribution is -2.51. The number of methoxy groups -OCH3 is 1. The summed E-state index contributed by atoms with van der Waals surface area (Å²) in [7, 11) is 1.27. The van der Waals surface area contributed by atoms with Gasteiger partial charge in [-0.05, 0) is 17.7 Å². The van der Waals surface area contributed by atoms with Crippen molar-refractivity contribution >= 4 is 11.8 Å². The van der Waals surface area contributed by atoms with Gasteiger partial charge in [0.25, 0.3) is 0 Å². The van der Waals surface area contributed by atoms with Crippen LogP contribution in [0.25, 0.3) is 0 Å². The maximum atomic E-state index is 14.1. The normalized spacial score (nSPS) is 27.2. The van der Waals surface area contributed by atoms with Gasteiger partial charge in [-0.15, -0.1) is 0 Å². The molecule has 2 aliphatic rings. The van der Waals surface area contributed by atoms with Crippen molar-refractivity contribution in [1.29, 1.82) is 0 Å². The third-order valence-electron chi connectivity index (χ3n) is 6.72. The Morgan fingerprint density at radius 1 is 1.09 bits per heavy atom. The monoisotopic (exact) mass is 485 g/mol. The number of carboxylic acid groups (broad SMARTS) is 1. The molecule has 0 saturated heterocycles. The van der Waals surface area contributed by atoms with Crippen molar-refractivity contribution in [2.45, 2.75) is 23.3 Å². The van der Waals surface area contributed by atoms with Gasteiger partial charge < -0.3 is 19.7 Å². The summed E-state index contributed by atoms with van der Waals surface area (Å²) < 4.78 is 51.2. The number of ether oxygens (including phenoxy) is 2. The van der Waals surface area contributed by atoms with Crippen LogP contribution in [0.5, 0.6) is 11.5 Å². The number of nitrogens with zero attached hydrogens (tertiary/aromatic N) is 1. The molecule has 0 amide bonds. The summed E-state index contributed by atoms with van der Waals surface area (Å²) in [4.78, 5) is 30.8. The average Bonchev–Trinajstić information content (AvgIpc) is 2.96. The number of benzene rings is 2. The number of alkyl halides is 3. The first-order valence-corrected chi connectivity index (χ1v) is 10.5. The summed E-state index contributed by atoms with van der Waals surface area (Å²) in [6.07, 6.45) is -2.20. The average molecular weight is 485 g/mol. The van der Waals surface area contributed by atoms with E-state index >= 15 is 0 Å². The molecular weight excluding hydrogens is 467 g/mol. The van der Waals surface area contributed by atoms with Crippen LogP contribution in [0.3, 0.4) is 0 Å². The molecule has 5 rings (SSSR count). The van der Waals surface area contributed by atoms with E-state index in [1.807, 2.05) is 0 Å². The molecule has 2 heterocycles. The lowest BCUT2D eigenvalue weighted by Gasteiger charge is -2.39. The van der Waals surface area contributed by atoms with Crippen molar-refractivity contribution in [3.63, 3.8) is 0 Å². The number of carbonyl (C=O) groups is 2. The number of hydrogen-bond donors (Lipinski definition) is 2. The van der Waals surface area contributed by atoms with Crippen molar-refractivity contribution in [2.75, 3.05) is 7.11 Å². The van der Waals surface area contributed by atoms with Crippen molar-refractivity contribution in [3.05, 3.63) is 89.2 Å². The van der Waals surface area contributed by atoms with Crippen LogP contribution in [0.4, 0.5) is 13.2 Å². The summed E-state index contributed by atoms with van der Waals surface area (Å²) in [6, 6.07) is 11.8. The number of rotatable bonds is 4. The number of fused-ring (bicyclic) bond motifs is 4. The Labute approximate surface area is 196 Å². The Morgan fingerprint density at radius 3 is 2.31 bits per heavy atom. The molecule has 1 saturated carbocycles. The van der Waals surface area contributed by atoms with Crippen molar-refractivity contribution in [2.24, 2.45) is 5.92 Å². The van der Waals surface area contributed by atoms with Gasteiger partial charge >= 0.3 is 12.1 Å². The van der Waals surface area contributed by atoms with Crippen molar-refractivity contribution < 1.29 is 42.4 Å². The summed E-state index contributed by atoms with van der Waals surface area (Å²) in [5.74, 6) is -5.71. The topological polar surface area (TPSA) is 106 Å². The van der Waals surface area contributed by atoms with E-state index < -0.39 is 46.5 Å². The molecule has 3 aromatic rings. The van der Waals surface area contributed by atoms with Gasteiger partial charge in [0.05, 0.1) is 36.5 Å². The Hall–Kier alpha value is -3.92. The van der Waals surface area contributed by atoms with E-state index in [0.29, 0.717) is 5.56 Å². The van der Waals surface area contributed by atoms with E-state index in [1.54, 1.807) is 30.3 Å². The highest BCUT2D eigenvalue weighted by molar-refractivity contribution is 6.07. The van der Waals surface area contributed by atoms with Crippen molar-refractivity contribution in [3.8, 4) is 11.5 Å². The molecule has 2 aromatic carbocycles. The Kier molecular flexibility index (Phi) is 4.92. The number of hydrogen-bond acceptors (Lipinski definition) is 6. The van der Waals surface area contributed by atoms with Crippen LogP contribution in [0, 0.1) is 5.92 Å². The zero-order valence-corrected chi connectivity index (χ0v) is 18.1. The molecule has 1 aliphatic carbocycles. The summed E-state index contributed by atoms with van der Waals surface area (Å²) in [6.45, 7) is 0. The standard InChI is InChI=1S/C25H18F3NO6/c1-34-16-11-29-12-17-19(16)23(33)20(21(30)31)18(13-5-3-2-4-6-13)24(35-17,22(23)32)14-7-9-15(10-8-14)25(26,27)28/h2-12,18,20,33H,1H3,(H,30,31)/t18-,20-,23+,24?/m1/s1. The number of Topliss-reactive ketones (excluding diaryl/α,β-unsaturated/α-hetero) is 1. The molecule has 35 heavy (non-hydrogen) atoms. The van der Waals surface area contributed by atoms with Gasteiger partial charge in [-0.2, -0.15) is 13.2 Å². The van der Waals surface area contributed by atoms with Crippen LogP contribution in [0.15, 0.2) is 67.0 Å². The zero-order chi connectivity index (χ0) is 25.2. The molecule has 0 radical (unpaired) electrons. The van der Waals surface area contributed by atoms with Gasteiger partial charge in [0.15, 0.2) is 5.60 Å². The number of ketones is 1. The maximum absolute atomic E-state index is 14.1.